The average molecular weight is 404 g/mol. The number of carbonyl (C=O) groups excluding carboxylic acids is 3. The Balaban J connectivity index is 1.55. The topological polar surface area (TPSA) is 75.7 Å². The molecule has 1 heterocycles. The lowest BCUT2D eigenvalue weighted by Gasteiger charge is -2.15. The fraction of sp³-hybridized carbons (Fsp3) is 0.292. The molecule has 30 heavy (non-hydrogen) atoms. The van der Waals surface area contributed by atoms with Gasteiger partial charge in [0.2, 0.25) is 5.91 Å². The molecule has 0 saturated carbocycles. The average Bonchev–Trinajstić information content (AvgIpc) is 3.04. The summed E-state index contributed by atoms with van der Waals surface area (Å²) in [6.07, 6.45) is 3.52. The largest absolute Gasteiger partial charge is 0.442 e. The van der Waals surface area contributed by atoms with Crippen molar-refractivity contribution in [3.63, 3.8) is 0 Å². The first-order valence-electron chi connectivity index (χ1n) is 10.2. The summed E-state index contributed by atoms with van der Waals surface area (Å²) in [4.78, 5) is 38.1. The molecule has 1 aliphatic heterocycles. The van der Waals surface area contributed by atoms with Gasteiger partial charge < -0.3 is 10.1 Å². The molecule has 6 nitrogen and oxygen atoms in total. The summed E-state index contributed by atoms with van der Waals surface area (Å²) >= 11 is 0. The number of nitrogens with zero attached hydrogens (tertiary/aromatic N) is 1. The predicted molar refractivity (Wildman–Crippen MR) is 114 cm³/mol. The summed E-state index contributed by atoms with van der Waals surface area (Å²) in [5.74, 6) is -0.113. The second-order valence-corrected chi connectivity index (χ2v) is 7.66. The van der Waals surface area contributed by atoms with E-state index < -0.39 is 6.09 Å². The summed E-state index contributed by atoms with van der Waals surface area (Å²) in [5.41, 5.74) is 4.19. The van der Waals surface area contributed by atoms with Crippen molar-refractivity contribution >= 4 is 29.5 Å². The highest BCUT2D eigenvalue weighted by Gasteiger charge is 2.33. The van der Waals surface area contributed by atoms with Gasteiger partial charge in [-0.25, -0.2) is 4.79 Å². The number of amides is 2. The summed E-state index contributed by atoms with van der Waals surface area (Å²) in [7, 11) is 0. The van der Waals surface area contributed by atoms with Crippen LogP contribution in [0.2, 0.25) is 0 Å². The normalized spacial score (nSPS) is 20.0. The van der Waals surface area contributed by atoms with Crippen molar-refractivity contribution in [3.8, 4) is 0 Å². The molecule has 1 aliphatic carbocycles. The fourth-order valence-electron chi connectivity index (χ4n) is 3.92. The van der Waals surface area contributed by atoms with Crippen molar-refractivity contribution in [2.45, 2.75) is 32.3 Å². The summed E-state index contributed by atoms with van der Waals surface area (Å²) in [5, 5.41) is 2.68. The second-order valence-electron chi connectivity index (χ2n) is 7.66. The van der Waals surface area contributed by atoms with E-state index in [0.717, 1.165) is 36.0 Å². The molecule has 6 heteroatoms. The highest BCUT2D eigenvalue weighted by molar-refractivity contribution is 6.12. The number of nitrogens with one attached hydrogen (secondary N) is 1. The minimum absolute atomic E-state index is 0.0467. The molecular weight excluding hydrogens is 380 g/mol. The van der Waals surface area contributed by atoms with Crippen LogP contribution in [0.4, 0.5) is 10.5 Å². The molecule has 2 amide bonds. The molecule has 0 radical (unpaired) electrons. The lowest BCUT2D eigenvalue weighted by Crippen LogP contribution is -2.33. The van der Waals surface area contributed by atoms with E-state index in [-0.39, 0.29) is 24.3 Å². The van der Waals surface area contributed by atoms with E-state index in [1.165, 1.54) is 6.92 Å². The van der Waals surface area contributed by atoms with Crippen LogP contribution >= 0.6 is 0 Å². The van der Waals surface area contributed by atoms with Crippen LogP contribution in [0, 0.1) is 0 Å². The highest BCUT2D eigenvalue weighted by Crippen LogP contribution is 2.30. The number of carbonyl (C=O) groups is 3. The van der Waals surface area contributed by atoms with Gasteiger partial charge in [-0.15, -0.1) is 0 Å². The molecule has 1 saturated heterocycles. The Bertz CT molecular complexity index is 1010. The summed E-state index contributed by atoms with van der Waals surface area (Å²) in [6.45, 7) is 2.08. The van der Waals surface area contributed by atoms with E-state index in [9.17, 15) is 14.4 Å². The standard InChI is InChI=1S/C24H24N2O4/c1-16(27)25-14-21-15-26(24(29)30-21)20-10-11-22-18(13-20)8-5-9-19(23(22)28)12-17-6-3-2-4-7-17/h2-4,6-7,10-13,21H,5,8-9,14-15H2,1H3,(H,25,27)/b19-12-. The Morgan fingerprint density at radius 3 is 2.73 bits per heavy atom. The molecule has 1 fully saturated rings. The van der Waals surface area contributed by atoms with Gasteiger partial charge in [0.15, 0.2) is 5.78 Å². The molecule has 4 rings (SSSR count). The van der Waals surface area contributed by atoms with Crippen LogP contribution in [0.5, 0.6) is 0 Å². The van der Waals surface area contributed by atoms with Crippen LogP contribution in [-0.4, -0.2) is 37.0 Å². The number of cyclic esters (lactones) is 1. The molecule has 0 spiro atoms. The van der Waals surface area contributed by atoms with Crippen molar-refractivity contribution in [1.29, 1.82) is 0 Å². The maximum absolute atomic E-state index is 13.1. The first kappa shape index (κ1) is 19.9. The number of rotatable bonds is 4. The van der Waals surface area contributed by atoms with E-state index in [4.69, 9.17) is 4.74 Å². The van der Waals surface area contributed by atoms with Crippen molar-refractivity contribution in [2.24, 2.45) is 0 Å². The van der Waals surface area contributed by atoms with Gasteiger partial charge in [0.1, 0.15) is 6.10 Å². The maximum atomic E-state index is 13.1. The van der Waals surface area contributed by atoms with Crippen LogP contribution in [-0.2, 0) is 16.0 Å². The van der Waals surface area contributed by atoms with E-state index in [1.807, 2.05) is 48.5 Å². The quantitative estimate of drug-likeness (QED) is 0.622. The Morgan fingerprint density at radius 1 is 1.17 bits per heavy atom. The van der Waals surface area contributed by atoms with Crippen LogP contribution in [0.1, 0.15) is 41.3 Å². The Morgan fingerprint density at radius 2 is 1.97 bits per heavy atom. The van der Waals surface area contributed by atoms with E-state index >= 15 is 0 Å². The zero-order valence-corrected chi connectivity index (χ0v) is 16.9. The molecule has 2 aromatic carbocycles. The van der Waals surface area contributed by atoms with E-state index in [2.05, 4.69) is 5.32 Å². The number of hydrogen-bond donors (Lipinski definition) is 1. The highest BCUT2D eigenvalue weighted by atomic mass is 16.6. The van der Waals surface area contributed by atoms with Gasteiger partial charge in [-0.05, 0) is 54.7 Å². The number of Topliss-reactive ketones (excluding diaryl/α,β-unsaturated/α-hetero) is 1. The summed E-state index contributed by atoms with van der Waals surface area (Å²) < 4.78 is 5.35. The molecule has 2 aliphatic rings. The Labute approximate surface area is 175 Å². The smallest absolute Gasteiger partial charge is 0.414 e. The van der Waals surface area contributed by atoms with Crippen molar-refractivity contribution in [1.82, 2.24) is 5.32 Å². The number of ether oxygens (including phenoxy) is 1. The minimum Gasteiger partial charge on any atom is -0.442 e. The third-order valence-electron chi connectivity index (χ3n) is 5.42. The third kappa shape index (κ3) is 4.27. The maximum Gasteiger partial charge on any atom is 0.414 e. The molecule has 1 unspecified atom stereocenters. The number of anilines is 1. The van der Waals surface area contributed by atoms with Crippen LogP contribution in [0.15, 0.2) is 54.1 Å². The van der Waals surface area contributed by atoms with Gasteiger partial charge in [-0.3, -0.25) is 14.5 Å². The second kappa shape index (κ2) is 8.53. The van der Waals surface area contributed by atoms with Gasteiger partial charge in [-0.1, -0.05) is 30.3 Å². The molecule has 1 atom stereocenters. The molecular formula is C24H24N2O4. The zero-order chi connectivity index (χ0) is 21.1. The van der Waals surface area contributed by atoms with Gasteiger partial charge in [0.05, 0.1) is 13.1 Å². The lowest BCUT2D eigenvalue weighted by atomic mass is 9.98. The van der Waals surface area contributed by atoms with Gasteiger partial charge in [0.25, 0.3) is 0 Å². The first-order valence-corrected chi connectivity index (χ1v) is 10.2. The van der Waals surface area contributed by atoms with Crippen LogP contribution in [0.3, 0.4) is 0 Å². The van der Waals surface area contributed by atoms with Crippen molar-refractivity contribution < 1.29 is 19.1 Å². The molecule has 0 bridgehead atoms. The number of aryl methyl sites for hydroxylation is 1. The molecule has 2 aromatic rings. The first-order chi connectivity index (χ1) is 14.5. The van der Waals surface area contributed by atoms with Gasteiger partial charge in [-0.2, -0.15) is 0 Å². The molecule has 1 N–H and O–H groups in total. The third-order valence-corrected chi connectivity index (χ3v) is 5.42. The number of fused-ring (bicyclic) bond motifs is 1. The number of ketones is 1. The van der Waals surface area contributed by atoms with E-state index in [1.54, 1.807) is 11.0 Å². The van der Waals surface area contributed by atoms with Crippen molar-refractivity contribution in [3.05, 3.63) is 70.8 Å². The van der Waals surface area contributed by atoms with E-state index in [0.29, 0.717) is 17.8 Å². The van der Waals surface area contributed by atoms with Gasteiger partial charge in [0, 0.05) is 23.7 Å². The van der Waals surface area contributed by atoms with Crippen molar-refractivity contribution in [2.75, 3.05) is 18.0 Å². The minimum atomic E-state index is -0.435. The van der Waals surface area contributed by atoms with Crippen LogP contribution < -0.4 is 10.2 Å². The summed E-state index contributed by atoms with van der Waals surface area (Å²) in [6, 6.07) is 15.4. The zero-order valence-electron chi connectivity index (χ0n) is 16.9. The predicted octanol–water partition coefficient (Wildman–Crippen LogP) is 3.75. The number of hydrogen-bond acceptors (Lipinski definition) is 4. The lowest BCUT2D eigenvalue weighted by molar-refractivity contribution is -0.119. The Hall–Kier alpha value is -3.41. The van der Waals surface area contributed by atoms with Gasteiger partial charge >= 0.3 is 6.09 Å². The number of allylic oxidation sites excluding steroid dienone is 1. The van der Waals surface area contributed by atoms with Crippen LogP contribution in [0.25, 0.3) is 6.08 Å². The Kier molecular flexibility index (Phi) is 5.65. The molecule has 0 aromatic heterocycles. The fourth-order valence-corrected chi connectivity index (χ4v) is 3.92. The molecule has 154 valence electrons. The SMILES string of the molecule is CC(=O)NCC1CN(c2ccc3c(c2)CCC/C(=C/c2ccccc2)C3=O)C(=O)O1. The monoisotopic (exact) mass is 404 g/mol. The number of benzene rings is 2.